The smallest absolute Gasteiger partial charge is 0.543 e. The minimum atomic E-state index is -1.59. The van der Waals surface area contributed by atoms with Crippen molar-refractivity contribution >= 4 is 11.9 Å². The number of aromatic nitrogens is 1. The van der Waals surface area contributed by atoms with Gasteiger partial charge in [-0.15, -0.1) is 0 Å². The van der Waals surface area contributed by atoms with E-state index in [1.54, 1.807) is 0 Å². The molecule has 6 nitrogen and oxygen atoms in total. The first kappa shape index (κ1) is 21.2. The van der Waals surface area contributed by atoms with Gasteiger partial charge in [0.25, 0.3) is 0 Å². The van der Waals surface area contributed by atoms with Crippen molar-refractivity contribution in [3.8, 4) is 5.75 Å². The van der Waals surface area contributed by atoms with E-state index in [0.29, 0.717) is 0 Å². The predicted octanol–water partition coefficient (Wildman–Crippen LogP) is -7.62. The van der Waals surface area contributed by atoms with Gasteiger partial charge in [0, 0.05) is 12.1 Å². The molecule has 1 rings (SSSR count). The Hall–Kier alpha value is 0.903. The number of aromatic carboxylic acids is 2. The van der Waals surface area contributed by atoms with Crippen LogP contribution in [0.3, 0.4) is 0 Å². The van der Waals surface area contributed by atoms with Crippen molar-refractivity contribution < 1.29 is 127 Å². The van der Waals surface area contributed by atoms with Crippen LogP contribution in [0.15, 0.2) is 24.8 Å². The van der Waals surface area contributed by atoms with Crippen LogP contribution in [-0.2, 0) is 0 Å². The molecular weight excluding hydrogens is 292 g/mol. The topological polar surface area (TPSA) is 102 Å². The number of rotatable bonds is 5. The normalized spacial score (nSPS) is 8.44. The van der Waals surface area contributed by atoms with E-state index in [2.05, 4.69) is 11.6 Å². The molecule has 0 radical (unpaired) electrons. The Morgan fingerprint density at radius 2 is 1.67 bits per heavy atom. The van der Waals surface area contributed by atoms with Gasteiger partial charge in [0.2, 0.25) is 0 Å². The van der Waals surface area contributed by atoms with Gasteiger partial charge in [-0.05, 0) is 0 Å². The largest absolute Gasteiger partial charge is 1.00 e. The van der Waals surface area contributed by atoms with Crippen molar-refractivity contribution in [3.63, 3.8) is 0 Å². The Morgan fingerprint density at radius 1 is 1.22 bits per heavy atom. The minimum absolute atomic E-state index is 0. The monoisotopic (exact) mass is 299 g/mol. The molecule has 0 N–H and O–H groups in total. The quantitative estimate of drug-likeness (QED) is 0.395. The van der Waals surface area contributed by atoms with Crippen LogP contribution in [0.1, 0.15) is 21.0 Å². The van der Waals surface area contributed by atoms with E-state index in [4.69, 9.17) is 4.74 Å². The summed E-state index contributed by atoms with van der Waals surface area (Å²) in [5.41, 5.74) is -1.05. The zero-order valence-corrected chi connectivity index (χ0v) is 16.4. The third-order valence-electron chi connectivity index (χ3n) is 1.58. The van der Waals surface area contributed by atoms with Crippen LogP contribution in [0.2, 0.25) is 0 Å². The molecule has 1 heterocycles. The maximum atomic E-state index is 10.5. The van der Waals surface area contributed by atoms with Crippen LogP contribution in [0.25, 0.3) is 0 Å². The average molecular weight is 299 g/mol. The summed E-state index contributed by atoms with van der Waals surface area (Å²) in [6.07, 6.45) is 1.43. The molecule has 0 unspecified atom stereocenters. The zero-order valence-electron chi connectivity index (χ0n) is 10.1. The van der Waals surface area contributed by atoms with Gasteiger partial charge in [0.15, 0.2) is 0 Å². The molecule has 1 aromatic rings. The van der Waals surface area contributed by atoms with Crippen molar-refractivity contribution in [3.05, 3.63) is 36.2 Å². The summed E-state index contributed by atoms with van der Waals surface area (Å²) in [5, 5.41) is 21.1. The van der Waals surface area contributed by atoms with Gasteiger partial charge in [0.05, 0.1) is 23.3 Å². The van der Waals surface area contributed by atoms with Crippen LogP contribution in [0, 0.1) is 0 Å². The summed E-state index contributed by atoms with van der Waals surface area (Å²) in [4.78, 5) is 24.4. The Balaban J connectivity index is 0. The Kier molecular flexibility index (Phi) is 12.6. The number of carboxylic acid groups (broad SMARTS) is 2. The summed E-state index contributed by atoms with van der Waals surface area (Å²) in [6.45, 7) is 3.51. The summed E-state index contributed by atoms with van der Waals surface area (Å²) in [5.74, 6) is -3.13. The first-order valence-electron chi connectivity index (χ1n) is 4.23. The number of pyridine rings is 1. The van der Waals surface area contributed by atoms with Crippen molar-refractivity contribution in [1.29, 1.82) is 0 Å². The van der Waals surface area contributed by atoms with E-state index in [1.165, 1.54) is 6.08 Å². The number of ether oxygens (including phenoxy) is 1. The number of nitrogens with zero attached hydrogens (tertiary/aromatic N) is 1. The van der Waals surface area contributed by atoms with Gasteiger partial charge in [-0.2, -0.15) is 0 Å². The molecule has 0 saturated carbocycles. The Bertz CT molecular complexity index is 418. The minimum Gasteiger partial charge on any atom is -0.543 e. The summed E-state index contributed by atoms with van der Waals surface area (Å²) in [7, 11) is 0. The summed E-state index contributed by atoms with van der Waals surface area (Å²) < 4.78 is 5.00. The van der Waals surface area contributed by atoms with Gasteiger partial charge in [-0.3, -0.25) is 0 Å². The molecule has 0 fully saturated rings. The molecular formula is C10H7K2NO5. The van der Waals surface area contributed by atoms with Gasteiger partial charge < -0.3 is 24.5 Å². The summed E-state index contributed by atoms with van der Waals surface area (Å²) in [6, 6.07) is 2.12. The summed E-state index contributed by atoms with van der Waals surface area (Å²) >= 11 is 0. The molecule has 0 amide bonds. The Morgan fingerprint density at radius 3 is 2.00 bits per heavy atom. The van der Waals surface area contributed by atoms with E-state index < -0.39 is 23.3 Å². The van der Waals surface area contributed by atoms with Crippen molar-refractivity contribution in [2.24, 2.45) is 0 Å². The van der Waals surface area contributed by atoms with Crippen LogP contribution in [0.4, 0.5) is 0 Å². The first-order valence-corrected chi connectivity index (χ1v) is 4.23. The molecule has 0 atom stereocenters. The van der Waals surface area contributed by atoms with E-state index in [1.807, 2.05) is 0 Å². The second-order valence-corrected chi connectivity index (χ2v) is 2.75. The number of hydrogen-bond donors (Lipinski definition) is 0. The second kappa shape index (κ2) is 10.7. The van der Waals surface area contributed by atoms with Crippen molar-refractivity contribution in [2.45, 2.75) is 0 Å². The van der Waals surface area contributed by atoms with Crippen LogP contribution < -0.4 is 118 Å². The fraction of sp³-hybridized carbons (Fsp3) is 0.100. The van der Waals surface area contributed by atoms with Crippen molar-refractivity contribution in [2.75, 3.05) is 6.61 Å². The fourth-order valence-electron chi connectivity index (χ4n) is 0.953. The first-order chi connectivity index (χ1) is 7.54. The second-order valence-electron chi connectivity index (χ2n) is 2.75. The van der Waals surface area contributed by atoms with Crippen LogP contribution in [0.5, 0.6) is 5.75 Å². The van der Waals surface area contributed by atoms with Gasteiger partial charge >= 0.3 is 103 Å². The number of carbonyl (C=O) groups is 2. The van der Waals surface area contributed by atoms with E-state index in [0.717, 1.165) is 12.1 Å². The Labute approximate surface area is 189 Å². The van der Waals surface area contributed by atoms with Crippen LogP contribution >= 0.6 is 0 Å². The number of carbonyl (C=O) groups excluding carboxylic acids is 2. The molecule has 0 aliphatic heterocycles. The molecule has 0 spiro atoms. The van der Waals surface area contributed by atoms with Gasteiger partial charge in [0.1, 0.15) is 12.4 Å². The molecule has 84 valence electrons. The predicted molar refractivity (Wildman–Crippen MR) is 48.6 cm³/mol. The van der Waals surface area contributed by atoms with Crippen molar-refractivity contribution in [1.82, 2.24) is 4.98 Å². The van der Waals surface area contributed by atoms with E-state index in [-0.39, 0.29) is 115 Å². The third kappa shape index (κ3) is 6.89. The number of carboxylic acids is 2. The SMILES string of the molecule is C=CCOc1cc(C(=O)[O-])nc(C(=O)[O-])c1.[K+].[K+]. The number of hydrogen-bond acceptors (Lipinski definition) is 6. The maximum absolute atomic E-state index is 10.5. The molecule has 0 aliphatic rings. The molecule has 0 aliphatic carbocycles. The standard InChI is InChI=1S/C10H9NO5.2K/c1-2-3-16-6-4-7(9(12)13)11-8(5-6)10(14)15;;/h2,4-5H,1,3H2,(H,12,13)(H,14,15);;/q;2*+1/p-2. The van der Waals surface area contributed by atoms with Gasteiger partial charge in [-0.1, -0.05) is 12.7 Å². The van der Waals surface area contributed by atoms with Gasteiger partial charge in [-0.25, -0.2) is 4.98 Å². The molecule has 0 saturated heterocycles. The molecule has 18 heavy (non-hydrogen) atoms. The molecule has 0 aromatic carbocycles. The molecule has 8 heteroatoms. The maximum Gasteiger partial charge on any atom is 1.00 e. The van der Waals surface area contributed by atoms with Crippen LogP contribution in [-0.4, -0.2) is 23.5 Å². The third-order valence-corrected chi connectivity index (χ3v) is 1.58. The molecule has 1 aromatic heterocycles. The van der Waals surface area contributed by atoms with E-state index in [9.17, 15) is 19.8 Å². The average Bonchev–Trinajstić information content (AvgIpc) is 2.25. The fourth-order valence-corrected chi connectivity index (χ4v) is 0.953. The molecule has 0 bridgehead atoms. The zero-order chi connectivity index (χ0) is 12.1. The van der Waals surface area contributed by atoms with E-state index >= 15 is 0 Å².